The lowest BCUT2D eigenvalue weighted by molar-refractivity contribution is -0.134. The number of rotatable bonds is 6. The zero-order valence-corrected chi connectivity index (χ0v) is 16.3. The Morgan fingerprint density at radius 3 is 2.65 bits per heavy atom. The molecule has 1 atom stereocenters. The lowest BCUT2D eigenvalue weighted by Gasteiger charge is -2.23. The Hall–Kier alpha value is -2.06. The minimum absolute atomic E-state index is 0.241. The SMILES string of the molecule is CCC=C(C)C(=O)N1CSCC1C(=O)NS(=O)(=O)C=Cc1ccccc1. The molecule has 8 heteroatoms. The van der Waals surface area contributed by atoms with E-state index in [1.54, 1.807) is 37.3 Å². The zero-order chi connectivity index (χ0) is 19.2. The third kappa shape index (κ3) is 5.47. The Morgan fingerprint density at radius 2 is 2.00 bits per heavy atom. The van der Waals surface area contributed by atoms with Crippen molar-refractivity contribution in [3.8, 4) is 0 Å². The van der Waals surface area contributed by atoms with Crippen molar-refractivity contribution in [1.82, 2.24) is 9.62 Å². The molecule has 6 nitrogen and oxygen atoms in total. The molecule has 0 spiro atoms. The maximum atomic E-state index is 12.4. The van der Waals surface area contributed by atoms with Gasteiger partial charge in [0, 0.05) is 11.3 Å². The maximum absolute atomic E-state index is 12.4. The van der Waals surface area contributed by atoms with Gasteiger partial charge in [0.25, 0.3) is 21.8 Å². The molecule has 140 valence electrons. The maximum Gasteiger partial charge on any atom is 0.257 e. The average Bonchev–Trinajstić information content (AvgIpc) is 3.10. The number of amides is 2. The van der Waals surface area contributed by atoms with Gasteiger partial charge in [-0.2, -0.15) is 0 Å². The Kier molecular flexibility index (Phi) is 7.05. The quantitative estimate of drug-likeness (QED) is 0.749. The Labute approximate surface area is 158 Å². The number of allylic oxidation sites excluding steroid dienone is 1. The third-order valence-corrected chi connectivity index (χ3v) is 5.77. The fraction of sp³-hybridized carbons (Fsp3) is 0.333. The molecule has 0 saturated carbocycles. The van der Waals surface area contributed by atoms with Gasteiger partial charge in [0.15, 0.2) is 0 Å². The number of thioether (sulfide) groups is 1. The number of sulfonamides is 1. The van der Waals surface area contributed by atoms with Crippen molar-refractivity contribution >= 4 is 39.7 Å². The van der Waals surface area contributed by atoms with Crippen molar-refractivity contribution < 1.29 is 18.0 Å². The highest BCUT2D eigenvalue weighted by atomic mass is 32.2. The molecule has 0 aliphatic carbocycles. The largest absolute Gasteiger partial charge is 0.317 e. The predicted molar refractivity (Wildman–Crippen MR) is 105 cm³/mol. The molecule has 1 heterocycles. The van der Waals surface area contributed by atoms with Crippen molar-refractivity contribution in [2.24, 2.45) is 0 Å². The van der Waals surface area contributed by atoms with E-state index in [2.05, 4.69) is 0 Å². The Balaban J connectivity index is 2.06. The molecule has 1 aliphatic heterocycles. The molecule has 1 aromatic carbocycles. The second-order valence-electron chi connectivity index (χ2n) is 5.81. The number of carbonyl (C=O) groups is 2. The van der Waals surface area contributed by atoms with Crippen LogP contribution in [0.15, 0.2) is 47.4 Å². The molecule has 2 rings (SSSR count). The summed E-state index contributed by atoms with van der Waals surface area (Å²) in [5, 5.41) is 0.955. The van der Waals surface area contributed by atoms with Gasteiger partial charge in [-0.15, -0.1) is 11.8 Å². The normalized spacial score (nSPS) is 18.3. The van der Waals surface area contributed by atoms with E-state index < -0.39 is 22.0 Å². The molecule has 1 fully saturated rings. The molecule has 0 bridgehead atoms. The number of hydrogen-bond donors (Lipinski definition) is 1. The van der Waals surface area contributed by atoms with Gasteiger partial charge in [-0.3, -0.25) is 9.59 Å². The summed E-state index contributed by atoms with van der Waals surface area (Å²) in [5.41, 5.74) is 1.26. The highest BCUT2D eigenvalue weighted by molar-refractivity contribution is 7.99. The van der Waals surface area contributed by atoms with Crippen LogP contribution in [0.2, 0.25) is 0 Å². The summed E-state index contributed by atoms with van der Waals surface area (Å²) in [4.78, 5) is 26.3. The number of nitrogens with one attached hydrogen (secondary N) is 1. The molecule has 1 aromatic rings. The number of nitrogens with zero attached hydrogens (tertiary/aromatic N) is 1. The standard InChI is InChI=1S/C18H22N2O4S2/c1-3-7-14(2)18(22)20-13-25-12-16(20)17(21)19-26(23,24)11-10-15-8-5-4-6-9-15/h4-11,16H,3,12-13H2,1-2H3,(H,19,21). The van der Waals surface area contributed by atoms with E-state index in [1.807, 2.05) is 17.7 Å². The van der Waals surface area contributed by atoms with Gasteiger partial charge in [0.05, 0.1) is 11.3 Å². The average molecular weight is 395 g/mol. The van der Waals surface area contributed by atoms with Gasteiger partial charge in [-0.1, -0.05) is 43.3 Å². The molecule has 0 aromatic heterocycles. The van der Waals surface area contributed by atoms with Crippen molar-refractivity contribution in [3.63, 3.8) is 0 Å². The summed E-state index contributed by atoms with van der Waals surface area (Å²) in [6, 6.07) is 8.11. The molecule has 2 amide bonds. The van der Waals surface area contributed by atoms with Crippen LogP contribution in [0.4, 0.5) is 0 Å². The summed E-state index contributed by atoms with van der Waals surface area (Å²) in [5.74, 6) is -0.194. The predicted octanol–water partition coefficient (Wildman–Crippen LogP) is 2.36. The molecular formula is C18H22N2O4S2. The molecule has 1 N–H and O–H groups in total. The number of benzene rings is 1. The van der Waals surface area contributed by atoms with Gasteiger partial charge in [-0.25, -0.2) is 13.1 Å². The second-order valence-corrected chi connectivity index (χ2v) is 8.38. The molecule has 0 radical (unpaired) electrons. The first-order chi connectivity index (χ1) is 12.3. The van der Waals surface area contributed by atoms with Crippen molar-refractivity contribution in [1.29, 1.82) is 0 Å². The highest BCUT2D eigenvalue weighted by Crippen LogP contribution is 2.23. The van der Waals surface area contributed by atoms with Crippen LogP contribution >= 0.6 is 11.8 Å². The summed E-state index contributed by atoms with van der Waals surface area (Å²) in [7, 11) is -3.94. The van der Waals surface area contributed by atoms with E-state index in [1.165, 1.54) is 22.7 Å². The van der Waals surface area contributed by atoms with Crippen molar-refractivity contribution in [2.45, 2.75) is 26.3 Å². The smallest absolute Gasteiger partial charge is 0.257 e. The number of hydrogen-bond acceptors (Lipinski definition) is 5. The van der Waals surface area contributed by atoms with Crippen LogP contribution in [-0.4, -0.2) is 42.8 Å². The highest BCUT2D eigenvalue weighted by Gasteiger charge is 2.36. The van der Waals surface area contributed by atoms with Crippen molar-refractivity contribution in [2.75, 3.05) is 11.6 Å². The minimum Gasteiger partial charge on any atom is -0.317 e. The minimum atomic E-state index is -3.94. The first kappa shape index (κ1) is 20.3. The van der Waals surface area contributed by atoms with Crippen LogP contribution in [0, 0.1) is 0 Å². The topological polar surface area (TPSA) is 83.6 Å². The van der Waals surface area contributed by atoms with E-state index in [-0.39, 0.29) is 5.91 Å². The lowest BCUT2D eigenvalue weighted by Crippen LogP contribution is -2.48. The first-order valence-corrected chi connectivity index (χ1v) is 10.9. The van der Waals surface area contributed by atoms with E-state index >= 15 is 0 Å². The first-order valence-electron chi connectivity index (χ1n) is 8.19. The summed E-state index contributed by atoms with van der Waals surface area (Å²) in [6.07, 6.45) is 3.92. The zero-order valence-electron chi connectivity index (χ0n) is 14.7. The van der Waals surface area contributed by atoms with Crippen molar-refractivity contribution in [3.05, 3.63) is 53.0 Å². The van der Waals surface area contributed by atoms with Crippen LogP contribution < -0.4 is 4.72 Å². The van der Waals surface area contributed by atoms with Gasteiger partial charge in [0.2, 0.25) is 0 Å². The molecular weight excluding hydrogens is 372 g/mol. The van der Waals surface area contributed by atoms with Gasteiger partial charge in [0.1, 0.15) is 6.04 Å². The molecule has 1 unspecified atom stereocenters. The summed E-state index contributed by atoms with van der Waals surface area (Å²) in [6.45, 7) is 3.62. The molecule has 26 heavy (non-hydrogen) atoms. The van der Waals surface area contributed by atoms with Crippen LogP contribution in [0.25, 0.3) is 6.08 Å². The second kappa shape index (κ2) is 9.05. The lowest BCUT2D eigenvalue weighted by atomic mass is 10.2. The summed E-state index contributed by atoms with van der Waals surface area (Å²) < 4.78 is 26.3. The molecule has 1 saturated heterocycles. The van der Waals surface area contributed by atoms with Gasteiger partial charge in [-0.05, 0) is 25.0 Å². The number of carbonyl (C=O) groups excluding carboxylic acids is 2. The van der Waals surface area contributed by atoms with Crippen LogP contribution in [0.5, 0.6) is 0 Å². The van der Waals surface area contributed by atoms with E-state index in [0.717, 1.165) is 5.41 Å². The monoisotopic (exact) mass is 394 g/mol. The van der Waals surface area contributed by atoms with Gasteiger partial charge < -0.3 is 4.90 Å². The van der Waals surface area contributed by atoms with Crippen LogP contribution in [0.3, 0.4) is 0 Å². The Bertz CT molecular complexity index is 817. The summed E-state index contributed by atoms with van der Waals surface area (Å²) >= 11 is 1.42. The van der Waals surface area contributed by atoms with E-state index in [0.29, 0.717) is 29.2 Å². The van der Waals surface area contributed by atoms with E-state index in [9.17, 15) is 18.0 Å². The van der Waals surface area contributed by atoms with E-state index in [4.69, 9.17) is 0 Å². The van der Waals surface area contributed by atoms with Crippen LogP contribution in [-0.2, 0) is 19.6 Å². The fourth-order valence-electron chi connectivity index (χ4n) is 2.45. The molecule has 1 aliphatic rings. The Morgan fingerprint density at radius 1 is 1.31 bits per heavy atom. The van der Waals surface area contributed by atoms with Gasteiger partial charge >= 0.3 is 0 Å². The van der Waals surface area contributed by atoms with Crippen LogP contribution in [0.1, 0.15) is 25.8 Å². The fourth-order valence-corrected chi connectivity index (χ4v) is 4.43. The third-order valence-electron chi connectivity index (χ3n) is 3.78.